The SMILES string of the molecule is CC(C(=O)N1C2CC3(C)CC1CC(C#N)(C2)C3)c1c[nH]c2ccc(OS(C)(=O)=O)c(Cl)c12. The maximum Gasteiger partial charge on any atom is 0.306 e. The molecule has 1 amide bonds. The number of nitriles is 1. The highest BCUT2D eigenvalue weighted by Crippen LogP contribution is 2.61. The number of aromatic amines is 1. The third-order valence-corrected chi connectivity index (χ3v) is 8.47. The van der Waals surface area contributed by atoms with Crippen molar-refractivity contribution < 1.29 is 17.4 Å². The quantitative estimate of drug-likeness (QED) is 0.662. The van der Waals surface area contributed by atoms with Crippen molar-refractivity contribution in [3.63, 3.8) is 0 Å². The number of hydrogen-bond acceptors (Lipinski definition) is 5. The molecule has 6 rings (SSSR count). The lowest BCUT2D eigenvalue weighted by Crippen LogP contribution is -2.66. The molecule has 2 aromatic rings. The number of carbonyl (C=O) groups is 1. The molecular formula is C23H26ClN3O4S. The van der Waals surface area contributed by atoms with Crippen LogP contribution in [0.4, 0.5) is 0 Å². The Morgan fingerprint density at radius 2 is 1.97 bits per heavy atom. The maximum atomic E-state index is 13.8. The molecular weight excluding hydrogens is 450 g/mol. The molecule has 4 aliphatic rings. The fourth-order valence-electron chi connectivity index (χ4n) is 6.75. The van der Waals surface area contributed by atoms with Gasteiger partial charge >= 0.3 is 10.1 Å². The van der Waals surface area contributed by atoms with Gasteiger partial charge in [-0.05, 0) is 62.1 Å². The lowest BCUT2D eigenvalue weighted by atomic mass is 9.50. The molecule has 0 spiro atoms. The van der Waals surface area contributed by atoms with E-state index in [-0.39, 0.29) is 39.6 Å². The average Bonchev–Trinajstić information content (AvgIpc) is 3.12. The van der Waals surface area contributed by atoms with Crippen LogP contribution in [0.5, 0.6) is 5.75 Å². The van der Waals surface area contributed by atoms with E-state index in [0.717, 1.165) is 38.4 Å². The van der Waals surface area contributed by atoms with E-state index in [4.69, 9.17) is 15.8 Å². The van der Waals surface area contributed by atoms with Crippen molar-refractivity contribution in [2.45, 2.75) is 64.0 Å². The van der Waals surface area contributed by atoms with Gasteiger partial charge in [0.15, 0.2) is 5.75 Å². The van der Waals surface area contributed by atoms with E-state index in [2.05, 4.69) is 18.0 Å². The van der Waals surface area contributed by atoms with Gasteiger partial charge in [0.2, 0.25) is 5.91 Å². The molecule has 7 nitrogen and oxygen atoms in total. The summed E-state index contributed by atoms with van der Waals surface area (Å²) in [7, 11) is -3.74. The van der Waals surface area contributed by atoms with Crippen LogP contribution in [0.3, 0.4) is 0 Å². The molecule has 2 aliphatic heterocycles. The molecule has 1 N–H and O–H groups in total. The summed E-state index contributed by atoms with van der Waals surface area (Å²) >= 11 is 6.53. The first kappa shape index (κ1) is 21.6. The van der Waals surface area contributed by atoms with Crippen molar-refractivity contribution in [2.24, 2.45) is 10.8 Å². The molecule has 0 radical (unpaired) electrons. The van der Waals surface area contributed by atoms with Crippen LogP contribution in [0, 0.1) is 22.2 Å². The molecule has 1 aromatic heterocycles. The number of halogens is 1. The number of piperidine rings is 2. The van der Waals surface area contributed by atoms with Crippen LogP contribution in [-0.2, 0) is 14.9 Å². The first-order valence-electron chi connectivity index (χ1n) is 10.9. The molecule has 2 aliphatic carbocycles. The highest BCUT2D eigenvalue weighted by Gasteiger charge is 2.60. The van der Waals surface area contributed by atoms with Gasteiger partial charge in [-0.1, -0.05) is 18.5 Å². The number of nitrogens with one attached hydrogen (secondary N) is 1. The summed E-state index contributed by atoms with van der Waals surface area (Å²) in [6.45, 7) is 4.11. The lowest BCUT2D eigenvalue weighted by Gasteiger charge is -2.63. The second kappa shape index (κ2) is 6.88. The maximum absolute atomic E-state index is 13.8. The normalized spacial score (nSPS) is 32.2. The Labute approximate surface area is 192 Å². The van der Waals surface area contributed by atoms with E-state index >= 15 is 0 Å². The molecule has 3 heterocycles. The first-order chi connectivity index (χ1) is 14.9. The molecule has 2 saturated heterocycles. The van der Waals surface area contributed by atoms with Gasteiger partial charge < -0.3 is 14.1 Å². The molecule has 3 unspecified atom stereocenters. The van der Waals surface area contributed by atoms with Crippen LogP contribution >= 0.6 is 11.6 Å². The Balaban J connectivity index is 1.49. The number of benzene rings is 1. The Hall–Kier alpha value is -2.24. The molecule has 4 bridgehead atoms. The van der Waals surface area contributed by atoms with E-state index in [0.29, 0.717) is 16.5 Å². The highest BCUT2D eigenvalue weighted by atomic mass is 35.5. The van der Waals surface area contributed by atoms with Crippen LogP contribution < -0.4 is 4.18 Å². The summed E-state index contributed by atoms with van der Waals surface area (Å²) in [5, 5.41) is 10.6. The minimum absolute atomic E-state index is 0.0295. The minimum atomic E-state index is -3.74. The lowest BCUT2D eigenvalue weighted by molar-refractivity contribution is -0.164. The van der Waals surface area contributed by atoms with Gasteiger partial charge in [-0.25, -0.2) is 0 Å². The molecule has 3 atom stereocenters. The van der Waals surface area contributed by atoms with Gasteiger partial charge in [-0.2, -0.15) is 13.7 Å². The standard InChI is InChI=1S/C23H26ClN3O4S/c1-13(16-10-26-17-4-5-18(20(24)19(16)17)31-32(3,29)30)21(28)27-14-6-22(2)7-15(27)9-23(8-14,11-22)12-25/h4-5,10,13-15,26H,6-9,11H2,1-3H3. The summed E-state index contributed by atoms with van der Waals surface area (Å²) in [5.74, 6) is -0.402. The van der Waals surface area contributed by atoms with Crippen LogP contribution in [0.15, 0.2) is 18.3 Å². The highest BCUT2D eigenvalue weighted by molar-refractivity contribution is 7.86. The number of rotatable bonds is 4. The number of carbonyl (C=O) groups excluding carboxylic acids is 1. The van der Waals surface area contributed by atoms with E-state index in [9.17, 15) is 18.5 Å². The molecule has 32 heavy (non-hydrogen) atoms. The second-order valence-corrected chi connectivity index (χ2v) is 12.3. The summed E-state index contributed by atoms with van der Waals surface area (Å²) in [6, 6.07) is 5.95. The van der Waals surface area contributed by atoms with Crippen LogP contribution in [0.25, 0.3) is 10.9 Å². The molecule has 4 fully saturated rings. The summed E-state index contributed by atoms with van der Waals surface area (Å²) in [4.78, 5) is 18.9. The van der Waals surface area contributed by atoms with Gasteiger partial charge in [0.25, 0.3) is 0 Å². The summed E-state index contributed by atoms with van der Waals surface area (Å²) in [6.07, 6.45) is 7.02. The monoisotopic (exact) mass is 475 g/mol. The molecule has 1 aromatic carbocycles. The third kappa shape index (κ3) is 3.29. The second-order valence-electron chi connectivity index (χ2n) is 10.3. The average molecular weight is 476 g/mol. The number of amides is 1. The zero-order chi connectivity index (χ0) is 23.1. The number of H-pyrrole nitrogens is 1. The van der Waals surface area contributed by atoms with Gasteiger partial charge in [0.05, 0.1) is 28.7 Å². The fraction of sp³-hybridized carbons (Fsp3) is 0.565. The minimum Gasteiger partial charge on any atom is -0.381 e. The number of aromatic nitrogens is 1. The zero-order valence-corrected chi connectivity index (χ0v) is 19.9. The van der Waals surface area contributed by atoms with Gasteiger partial charge in [0.1, 0.15) is 0 Å². The number of fused-ring (bicyclic) bond motifs is 1. The van der Waals surface area contributed by atoms with Crippen LogP contribution in [0.2, 0.25) is 5.02 Å². The van der Waals surface area contributed by atoms with Crippen molar-refractivity contribution >= 4 is 38.5 Å². The number of nitrogens with zero attached hydrogens (tertiary/aromatic N) is 2. The van der Waals surface area contributed by atoms with Crippen molar-refractivity contribution in [2.75, 3.05) is 6.26 Å². The summed E-state index contributed by atoms with van der Waals surface area (Å²) < 4.78 is 28.2. The van der Waals surface area contributed by atoms with Crippen LogP contribution in [0.1, 0.15) is 57.4 Å². The fourth-order valence-corrected chi connectivity index (χ4v) is 7.57. The van der Waals surface area contributed by atoms with Crippen molar-refractivity contribution in [3.05, 3.63) is 28.9 Å². The van der Waals surface area contributed by atoms with Crippen molar-refractivity contribution in [3.8, 4) is 11.8 Å². The van der Waals surface area contributed by atoms with E-state index in [1.165, 1.54) is 6.07 Å². The Morgan fingerprint density at radius 3 is 2.56 bits per heavy atom. The van der Waals surface area contributed by atoms with Crippen molar-refractivity contribution in [1.82, 2.24) is 9.88 Å². The van der Waals surface area contributed by atoms with Crippen molar-refractivity contribution in [1.29, 1.82) is 5.26 Å². The van der Waals surface area contributed by atoms with Crippen LogP contribution in [-0.4, -0.2) is 42.5 Å². The Kier molecular flexibility index (Phi) is 4.64. The topological polar surface area (TPSA) is 103 Å². The van der Waals surface area contributed by atoms with Gasteiger partial charge in [-0.3, -0.25) is 4.79 Å². The molecule has 9 heteroatoms. The van der Waals surface area contributed by atoms with E-state index < -0.39 is 16.0 Å². The van der Waals surface area contributed by atoms with E-state index in [1.807, 2.05) is 11.8 Å². The zero-order valence-electron chi connectivity index (χ0n) is 18.3. The molecule has 170 valence electrons. The summed E-state index contributed by atoms with van der Waals surface area (Å²) in [5.41, 5.74) is 1.25. The Morgan fingerprint density at radius 1 is 1.31 bits per heavy atom. The van der Waals surface area contributed by atoms with E-state index in [1.54, 1.807) is 12.3 Å². The largest absolute Gasteiger partial charge is 0.381 e. The molecule has 2 saturated carbocycles. The number of hydrogen-bond donors (Lipinski definition) is 1. The third-order valence-electron chi connectivity index (χ3n) is 7.61. The Bertz CT molecular complexity index is 1260. The predicted molar refractivity (Wildman–Crippen MR) is 121 cm³/mol. The predicted octanol–water partition coefficient (Wildman–Crippen LogP) is 4.34. The smallest absolute Gasteiger partial charge is 0.306 e. The first-order valence-corrected chi connectivity index (χ1v) is 13.1. The van der Waals surface area contributed by atoms with Gasteiger partial charge in [-0.15, -0.1) is 0 Å². The van der Waals surface area contributed by atoms with Gasteiger partial charge in [0, 0.05) is 29.2 Å².